The van der Waals surface area contributed by atoms with Gasteiger partial charge < -0.3 is 14.9 Å². The number of para-hydroxylation sites is 2. The molecule has 5 heteroatoms. The molecule has 0 radical (unpaired) electrons. The number of aromatic nitrogens is 3. The molecular weight excluding hydrogens is 324 g/mol. The van der Waals surface area contributed by atoms with E-state index in [1.165, 1.54) is 0 Å². The van der Waals surface area contributed by atoms with Crippen LogP contribution >= 0.6 is 0 Å². The summed E-state index contributed by atoms with van der Waals surface area (Å²) in [5.74, 6) is 0.903. The molecule has 0 fully saturated rings. The predicted molar refractivity (Wildman–Crippen MR) is 104 cm³/mol. The summed E-state index contributed by atoms with van der Waals surface area (Å²) >= 11 is 0. The van der Waals surface area contributed by atoms with Crippen molar-refractivity contribution in [2.24, 2.45) is 13.0 Å². The van der Waals surface area contributed by atoms with E-state index in [2.05, 4.69) is 29.1 Å². The first-order valence-electron chi connectivity index (χ1n) is 8.83. The second-order valence-corrected chi connectivity index (χ2v) is 7.03. The van der Waals surface area contributed by atoms with Crippen LogP contribution in [0, 0.1) is 5.92 Å². The Labute approximate surface area is 152 Å². The second-order valence-electron chi connectivity index (χ2n) is 7.03. The zero-order valence-corrected chi connectivity index (χ0v) is 15.2. The fourth-order valence-corrected chi connectivity index (χ4v) is 3.30. The Morgan fingerprint density at radius 2 is 1.96 bits per heavy atom. The van der Waals surface area contributed by atoms with Gasteiger partial charge >= 0.3 is 0 Å². The largest absolute Gasteiger partial charge is 0.351 e. The number of imidazole rings is 1. The Hall–Kier alpha value is -3.08. The van der Waals surface area contributed by atoms with Gasteiger partial charge in [0.05, 0.1) is 17.1 Å². The van der Waals surface area contributed by atoms with Gasteiger partial charge in [-0.25, -0.2) is 4.98 Å². The first-order chi connectivity index (χ1) is 12.5. The van der Waals surface area contributed by atoms with Gasteiger partial charge in [0.1, 0.15) is 5.82 Å². The lowest BCUT2D eigenvalue weighted by Gasteiger charge is -2.20. The molecule has 2 heterocycles. The van der Waals surface area contributed by atoms with Crippen molar-refractivity contribution in [3.05, 3.63) is 66.1 Å². The maximum absolute atomic E-state index is 12.9. The third kappa shape index (κ3) is 2.86. The Kier molecular flexibility index (Phi) is 3.99. The number of nitrogens with one attached hydrogen (secondary N) is 2. The Bertz CT molecular complexity index is 1060. The van der Waals surface area contributed by atoms with Gasteiger partial charge in [-0.3, -0.25) is 4.79 Å². The van der Waals surface area contributed by atoms with E-state index in [0.29, 0.717) is 5.56 Å². The number of carbonyl (C=O) groups is 1. The average Bonchev–Trinajstić information content (AvgIpc) is 3.22. The molecular formula is C21H22N4O. The van der Waals surface area contributed by atoms with Crippen molar-refractivity contribution >= 4 is 27.8 Å². The summed E-state index contributed by atoms with van der Waals surface area (Å²) in [5.41, 5.74) is 3.59. The number of hydrogen-bond acceptors (Lipinski definition) is 2. The van der Waals surface area contributed by atoms with E-state index in [-0.39, 0.29) is 17.9 Å². The van der Waals surface area contributed by atoms with E-state index < -0.39 is 0 Å². The normalized spacial score (nSPS) is 12.8. The number of aromatic amines is 1. The summed E-state index contributed by atoms with van der Waals surface area (Å²) < 4.78 is 2.02. The highest BCUT2D eigenvalue weighted by atomic mass is 16.1. The molecule has 0 spiro atoms. The molecule has 0 unspecified atom stereocenters. The van der Waals surface area contributed by atoms with E-state index in [1.54, 1.807) is 0 Å². The highest BCUT2D eigenvalue weighted by Crippen LogP contribution is 2.23. The zero-order valence-electron chi connectivity index (χ0n) is 15.2. The van der Waals surface area contributed by atoms with Crippen LogP contribution < -0.4 is 5.32 Å². The lowest BCUT2D eigenvalue weighted by Crippen LogP contribution is -2.32. The van der Waals surface area contributed by atoms with Crippen LogP contribution in [0.4, 0.5) is 0 Å². The topological polar surface area (TPSA) is 62.7 Å². The van der Waals surface area contributed by atoms with E-state index >= 15 is 0 Å². The average molecular weight is 346 g/mol. The molecule has 1 atom stereocenters. The van der Waals surface area contributed by atoms with Gasteiger partial charge in [0.15, 0.2) is 0 Å². The molecule has 0 aliphatic rings. The van der Waals surface area contributed by atoms with Crippen molar-refractivity contribution in [1.29, 1.82) is 0 Å². The highest BCUT2D eigenvalue weighted by molar-refractivity contribution is 5.98. The lowest BCUT2D eigenvalue weighted by atomic mass is 10.0. The molecule has 4 aromatic rings. The standard InChI is InChI=1S/C21H22N4O/c1-13(2)19(20-22-16-6-4-5-7-17(16)23-20)24-21(26)15-9-8-14-10-11-25(3)18(14)12-15/h4-13,19H,1-3H3,(H,22,23)(H,24,26)/t19-/m0/s1. The van der Waals surface area contributed by atoms with Crippen molar-refractivity contribution in [3.8, 4) is 0 Å². The lowest BCUT2D eigenvalue weighted by molar-refractivity contribution is 0.0923. The number of benzene rings is 2. The van der Waals surface area contributed by atoms with Gasteiger partial charge in [-0.2, -0.15) is 0 Å². The van der Waals surface area contributed by atoms with Crippen LogP contribution in [-0.4, -0.2) is 20.4 Å². The molecule has 5 nitrogen and oxygen atoms in total. The zero-order chi connectivity index (χ0) is 18.3. The van der Waals surface area contributed by atoms with Crippen LogP contribution in [0.25, 0.3) is 21.9 Å². The van der Waals surface area contributed by atoms with Gasteiger partial charge in [-0.1, -0.05) is 32.0 Å². The van der Waals surface area contributed by atoms with Gasteiger partial charge in [-0.15, -0.1) is 0 Å². The number of hydrogen-bond donors (Lipinski definition) is 2. The van der Waals surface area contributed by atoms with E-state index in [1.807, 2.05) is 66.3 Å². The number of carbonyl (C=O) groups excluding carboxylic acids is 1. The van der Waals surface area contributed by atoms with Gasteiger partial charge in [0.2, 0.25) is 0 Å². The molecule has 0 aliphatic carbocycles. The molecule has 2 N–H and O–H groups in total. The molecule has 0 saturated heterocycles. The van der Waals surface area contributed by atoms with Crippen molar-refractivity contribution in [2.45, 2.75) is 19.9 Å². The molecule has 2 aromatic heterocycles. The number of amides is 1. The summed E-state index contributed by atoms with van der Waals surface area (Å²) in [5, 5.41) is 4.27. The fraction of sp³-hybridized carbons (Fsp3) is 0.238. The number of H-pyrrole nitrogens is 1. The van der Waals surface area contributed by atoms with Crippen LogP contribution in [0.1, 0.15) is 36.1 Å². The Balaban J connectivity index is 1.64. The molecule has 1 amide bonds. The van der Waals surface area contributed by atoms with Crippen molar-refractivity contribution in [2.75, 3.05) is 0 Å². The first kappa shape index (κ1) is 16.4. The minimum atomic E-state index is -0.181. The molecule has 26 heavy (non-hydrogen) atoms. The molecule has 0 saturated carbocycles. The molecule has 0 aliphatic heterocycles. The number of aryl methyl sites for hydroxylation is 1. The third-order valence-corrected chi connectivity index (χ3v) is 4.81. The maximum Gasteiger partial charge on any atom is 0.251 e. The molecule has 132 valence electrons. The minimum Gasteiger partial charge on any atom is -0.351 e. The van der Waals surface area contributed by atoms with Crippen LogP contribution in [-0.2, 0) is 7.05 Å². The van der Waals surface area contributed by atoms with Gasteiger partial charge in [-0.05, 0) is 41.6 Å². The van der Waals surface area contributed by atoms with Crippen LogP contribution in [0.15, 0.2) is 54.7 Å². The molecule has 0 bridgehead atoms. The summed E-state index contributed by atoms with van der Waals surface area (Å²) in [6.07, 6.45) is 2.00. The number of nitrogens with zero attached hydrogens (tertiary/aromatic N) is 2. The monoisotopic (exact) mass is 346 g/mol. The van der Waals surface area contributed by atoms with E-state index in [0.717, 1.165) is 27.8 Å². The van der Waals surface area contributed by atoms with Gasteiger partial charge in [0.25, 0.3) is 5.91 Å². The molecule has 2 aromatic carbocycles. The third-order valence-electron chi connectivity index (χ3n) is 4.81. The van der Waals surface area contributed by atoms with Crippen LogP contribution in [0.3, 0.4) is 0 Å². The smallest absolute Gasteiger partial charge is 0.251 e. The molecule has 4 rings (SSSR count). The summed E-state index contributed by atoms with van der Waals surface area (Å²) in [6, 6.07) is 15.5. The predicted octanol–water partition coefficient (Wildman–Crippen LogP) is 4.18. The quantitative estimate of drug-likeness (QED) is 0.582. The Morgan fingerprint density at radius 1 is 1.15 bits per heavy atom. The van der Waals surface area contributed by atoms with Gasteiger partial charge in [0, 0.05) is 24.3 Å². The highest BCUT2D eigenvalue weighted by Gasteiger charge is 2.22. The fourth-order valence-electron chi connectivity index (χ4n) is 3.30. The van der Waals surface area contributed by atoms with Crippen LogP contribution in [0.2, 0.25) is 0 Å². The summed E-state index contributed by atoms with van der Waals surface area (Å²) in [6.45, 7) is 4.16. The number of fused-ring (bicyclic) bond motifs is 2. The number of rotatable bonds is 4. The van der Waals surface area contributed by atoms with Crippen molar-refractivity contribution < 1.29 is 4.79 Å². The minimum absolute atomic E-state index is 0.0905. The van der Waals surface area contributed by atoms with Crippen molar-refractivity contribution in [3.63, 3.8) is 0 Å². The maximum atomic E-state index is 12.9. The second kappa shape index (κ2) is 6.33. The Morgan fingerprint density at radius 3 is 2.73 bits per heavy atom. The SMILES string of the molecule is CC(C)[C@H](NC(=O)c1ccc2ccn(C)c2c1)c1nc2ccccc2[nH]1. The first-order valence-corrected chi connectivity index (χ1v) is 8.83. The van der Waals surface area contributed by atoms with Crippen LogP contribution in [0.5, 0.6) is 0 Å². The van der Waals surface area contributed by atoms with E-state index in [4.69, 9.17) is 0 Å². The van der Waals surface area contributed by atoms with Crippen molar-refractivity contribution in [1.82, 2.24) is 19.9 Å². The summed E-state index contributed by atoms with van der Waals surface area (Å²) in [4.78, 5) is 20.9. The summed E-state index contributed by atoms with van der Waals surface area (Å²) in [7, 11) is 1.98. The van der Waals surface area contributed by atoms with E-state index in [9.17, 15) is 4.79 Å².